The van der Waals surface area contributed by atoms with Crippen molar-refractivity contribution in [2.45, 2.75) is 45.1 Å². The Labute approximate surface area is 126 Å². The molecule has 0 saturated heterocycles. The van der Waals surface area contributed by atoms with Gasteiger partial charge in [0.2, 0.25) is 0 Å². The molecule has 1 saturated carbocycles. The Hall–Kier alpha value is -1.55. The first-order valence-electron chi connectivity index (χ1n) is 7.69. The molecular weight excluding hydrogens is 266 g/mol. The highest BCUT2D eigenvalue weighted by Gasteiger charge is 2.42. The molecule has 21 heavy (non-hydrogen) atoms. The van der Waals surface area contributed by atoms with E-state index in [1.807, 2.05) is 31.2 Å². The molecule has 2 rings (SSSR count). The second-order valence-corrected chi connectivity index (χ2v) is 5.81. The van der Waals surface area contributed by atoms with Crippen LogP contribution in [0.2, 0.25) is 0 Å². The molecule has 1 aliphatic rings. The zero-order chi connectivity index (χ0) is 15.3. The van der Waals surface area contributed by atoms with Gasteiger partial charge in [-0.15, -0.1) is 0 Å². The largest absolute Gasteiger partial charge is 0.497 e. The van der Waals surface area contributed by atoms with Crippen LogP contribution in [0.25, 0.3) is 0 Å². The van der Waals surface area contributed by atoms with Gasteiger partial charge in [-0.25, -0.2) is 0 Å². The number of benzene rings is 1. The monoisotopic (exact) mass is 291 g/mol. The number of hydrogen-bond donors (Lipinski definition) is 1. The van der Waals surface area contributed by atoms with Gasteiger partial charge in [-0.3, -0.25) is 4.79 Å². The number of methoxy groups -OCH3 is 1. The molecule has 1 amide bonds. The van der Waals surface area contributed by atoms with E-state index in [0.717, 1.165) is 30.7 Å². The predicted molar refractivity (Wildman–Crippen MR) is 83.6 cm³/mol. The highest BCUT2D eigenvalue weighted by molar-refractivity contribution is 5.97. The molecule has 0 unspecified atom stereocenters. The van der Waals surface area contributed by atoms with Gasteiger partial charge in [-0.05, 0) is 56.4 Å². The number of carbonyl (C=O) groups is 1. The van der Waals surface area contributed by atoms with Crippen LogP contribution in [0, 0.1) is 5.92 Å². The van der Waals surface area contributed by atoms with E-state index in [-0.39, 0.29) is 5.91 Å². The lowest BCUT2D eigenvalue weighted by atomic mass is 9.78. The summed E-state index contributed by atoms with van der Waals surface area (Å²) in [6, 6.07) is 7.38. The lowest BCUT2D eigenvalue weighted by Gasteiger charge is -2.38. The standard InChI is InChI=1S/C17H25NO3/c1-4-21-17(11-5-6-13(2)12-17)16(19)18-14-7-9-15(20-3)10-8-14/h7-10,13H,4-6,11-12H2,1-3H3,(H,18,19)/t13-,17+/m0/s1. The van der Waals surface area contributed by atoms with Gasteiger partial charge in [0.25, 0.3) is 5.91 Å². The van der Waals surface area contributed by atoms with Crippen molar-refractivity contribution in [1.29, 1.82) is 0 Å². The third-order valence-corrected chi connectivity index (χ3v) is 4.14. The Balaban J connectivity index is 2.10. The van der Waals surface area contributed by atoms with Gasteiger partial charge in [0.05, 0.1) is 7.11 Å². The number of ether oxygens (including phenoxy) is 2. The molecule has 0 heterocycles. The Morgan fingerprint density at radius 1 is 1.38 bits per heavy atom. The summed E-state index contributed by atoms with van der Waals surface area (Å²) in [7, 11) is 1.63. The number of hydrogen-bond acceptors (Lipinski definition) is 3. The SMILES string of the molecule is CCO[C@]1(C(=O)Nc2ccc(OC)cc2)CCC[C@H](C)C1. The van der Waals surface area contributed by atoms with Gasteiger partial charge < -0.3 is 14.8 Å². The summed E-state index contributed by atoms with van der Waals surface area (Å²) in [6.07, 6.45) is 3.80. The number of carbonyl (C=O) groups excluding carboxylic acids is 1. The number of rotatable bonds is 5. The highest BCUT2D eigenvalue weighted by Crippen LogP contribution is 2.36. The predicted octanol–water partition coefficient (Wildman–Crippen LogP) is 3.62. The van der Waals surface area contributed by atoms with Gasteiger partial charge in [-0.2, -0.15) is 0 Å². The Morgan fingerprint density at radius 2 is 2.10 bits per heavy atom. The summed E-state index contributed by atoms with van der Waals surface area (Å²) >= 11 is 0. The molecule has 116 valence electrons. The van der Waals surface area contributed by atoms with Crippen molar-refractivity contribution in [1.82, 2.24) is 0 Å². The van der Waals surface area contributed by atoms with Crippen LogP contribution in [0.5, 0.6) is 5.75 Å². The molecule has 0 radical (unpaired) electrons. The number of amides is 1. The molecule has 0 bridgehead atoms. The Kier molecular flexibility index (Phi) is 5.23. The van der Waals surface area contributed by atoms with E-state index in [1.54, 1.807) is 7.11 Å². The summed E-state index contributed by atoms with van der Waals surface area (Å²) in [5.74, 6) is 1.27. The summed E-state index contributed by atoms with van der Waals surface area (Å²) < 4.78 is 11.0. The van der Waals surface area contributed by atoms with Crippen LogP contribution in [0.3, 0.4) is 0 Å². The maximum absolute atomic E-state index is 12.7. The van der Waals surface area contributed by atoms with Gasteiger partial charge in [0.1, 0.15) is 11.4 Å². The molecule has 1 fully saturated rings. The van der Waals surface area contributed by atoms with Crippen LogP contribution in [-0.4, -0.2) is 25.2 Å². The molecule has 1 N–H and O–H groups in total. The normalized spacial score (nSPS) is 25.4. The lowest BCUT2D eigenvalue weighted by molar-refractivity contribution is -0.147. The molecule has 0 aromatic heterocycles. The summed E-state index contributed by atoms with van der Waals surface area (Å²) in [4.78, 5) is 12.7. The average molecular weight is 291 g/mol. The van der Waals surface area contributed by atoms with Crippen molar-refractivity contribution >= 4 is 11.6 Å². The zero-order valence-electron chi connectivity index (χ0n) is 13.1. The molecule has 0 spiro atoms. The van der Waals surface area contributed by atoms with Gasteiger partial charge in [-0.1, -0.05) is 13.3 Å². The number of nitrogens with one attached hydrogen (secondary N) is 1. The molecule has 2 atom stereocenters. The minimum Gasteiger partial charge on any atom is -0.497 e. The quantitative estimate of drug-likeness (QED) is 0.901. The van der Waals surface area contributed by atoms with Crippen LogP contribution in [0.15, 0.2) is 24.3 Å². The summed E-state index contributed by atoms with van der Waals surface area (Å²) in [6.45, 7) is 4.69. The minimum atomic E-state index is -0.674. The second-order valence-electron chi connectivity index (χ2n) is 5.81. The number of anilines is 1. The highest BCUT2D eigenvalue weighted by atomic mass is 16.5. The second kappa shape index (κ2) is 6.94. The summed E-state index contributed by atoms with van der Waals surface area (Å²) in [5, 5.41) is 2.99. The fraction of sp³-hybridized carbons (Fsp3) is 0.588. The minimum absolute atomic E-state index is 0.0268. The smallest absolute Gasteiger partial charge is 0.256 e. The lowest BCUT2D eigenvalue weighted by Crippen LogP contribution is -2.48. The molecule has 1 aromatic rings. The molecule has 4 nitrogen and oxygen atoms in total. The van der Waals surface area contributed by atoms with E-state index in [4.69, 9.17) is 9.47 Å². The van der Waals surface area contributed by atoms with E-state index in [9.17, 15) is 4.79 Å². The van der Waals surface area contributed by atoms with E-state index < -0.39 is 5.60 Å². The molecule has 4 heteroatoms. The summed E-state index contributed by atoms with van der Waals surface area (Å²) in [5.41, 5.74) is 0.102. The zero-order valence-corrected chi connectivity index (χ0v) is 13.1. The van der Waals surface area contributed by atoms with Gasteiger partial charge in [0, 0.05) is 12.3 Å². The Bertz CT molecular complexity index is 467. The van der Waals surface area contributed by atoms with Crippen molar-refractivity contribution in [3.05, 3.63) is 24.3 Å². The van der Waals surface area contributed by atoms with E-state index >= 15 is 0 Å². The van der Waals surface area contributed by atoms with Crippen LogP contribution in [0.4, 0.5) is 5.69 Å². The molecule has 0 aliphatic heterocycles. The van der Waals surface area contributed by atoms with Crippen molar-refractivity contribution in [2.24, 2.45) is 5.92 Å². The molecule has 1 aliphatic carbocycles. The first-order valence-corrected chi connectivity index (χ1v) is 7.69. The van der Waals surface area contributed by atoms with Crippen molar-refractivity contribution < 1.29 is 14.3 Å². The van der Waals surface area contributed by atoms with E-state index in [2.05, 4.69) is 12.2 Å². The van der Waals surface area contributed by atoms with E-state index in [1.165, 1.54) is 6.42 Å². The van der Waals surface area contributed by atoms with Gasteiger partial charge in [0.15, 0.2) is 0 Å². The third kappa shape index (κ3) is 3.76. The maximum Gasteiger partial charge on any atom is 0.256 e. The van der Waals surface area contributed by atoms with Crippen LogP contribution >= 0.6 is 0 Å². The van der Waals surface area contributed by atoms with Crippen LogP contribution in [-0.2, 0) is 9.53 Å². The topological polar surface area (TPSA) is 47.6 Å². The Morgan fingerprint density at radius 3 is 2.67 bits per heavy atom. The van der Waals surface area contributed by atoms with Crippen LogP contribution < -0.4 is 10.1 Å². The van der Waals surface area contributed by atoms with Crippen molar-refractivity contribution in [2.75, 3.05) is 19.0 Å². The third-order valence-electron chi connectivity index (χ3n) is 4.14. The van der Waals surface area contributed by atoms with Crippen molar-refractivity contribution in [3.63, 3.8) is 0 Å². The fourth-order valence-electron chi connectivity index (χ4n) is 3.10. The molecule has 1 aromatic carbocycles. The molecular formula is C17H25NO3. The van der Waals surface area contributed by atoms with Crippen molar-refractivity contribution in [3.8, 4) is 5.75 Å². The maximum atomic E-state index is 12.7. The average Bonchev–Trinajstić information content (AvgIpc) is 2.48. The van der Waals surface area contributed by atoms with E-state index in [0.29, 0.717) is 12.5 Å². The first kappa shape index (κ1) is 15.8. The fourth-order valence-corrected chi connectivity index (χ4v) is 3.10. The van der Waals surface area contributed by atoms with Crippen LogP contribution in [0.1, 0.15) is 39.5 Å². The van der Waals surface area contributed by atoms with Gasteiger partial charge >= 0.3 is 0 Å². The first-order chi connectivity index (χ1) is 10.1.